The summed E-state index contributed by atoms with van der Waals surface area (Å²) in [5.74, 6) is 0.179. The number of para-hydroxylation sites is 1. The Kier molecular flexibility index (Phi) is 4.50. The molecule has 4 nitrogen and oxygen atoms in total. The summed E-state index contributed by atoms with van der Waals surface area (Å²) in [6.45, 7) is 1.95. The lowest BCUT2D eigenvalue weighted by molar-refractivity contribution is 0.0519. The zero-order valence-electron chi connectivity index (χ0n) is 11.4. The minimum atomic E-state index is -0.490. The molecule has 0 N–H and O–H groups in total. The minimum absolute atomic E-state index is 0.466. The largest absolute Gasteiger partial charge is 0.496 e. The van der Waals surface area contributed by atoms with E-state index in [1.54, 1.807) is 19.2 Å². The van der Waals surface area contributed by atoms with E-state index in [4.69, 9.17) is 9.57 Å². The summed E-state index contributed by atoms with van der Waals surface area (Å²) in [6.07, 6.45) is 1.45. The first-order chi connectivity index (χ1) is 9.70. The maximum atomic E-state index is 11.7. The van der Waals surface area contributed by atoms with Gasteiger partial charge >= 0.3 is 5.97 Å². The van der Waals surface area contributed by atoms with Crippen molar-refractivity contribution in [2.24, 2.45) is 5.16 Å². The van der Waals surface area contributed by atoms with Gasteiger partial charge in [-0.25, -0.2) is 4.79 Å². The van der Waals surface area contributed by atoms with E-state index in [0.29, 0.717) is 11.3 Å². The molecule has 0 saturated carbocycles. The number of hydrogen-bond donors (Lipinski definition) is 0. The third-order valence-corrected chi connectivity index (χ3v) is 2.75. The molecule has 0 spiro atoms. The maximum absolute atomic E-state index is 11.7. The summed E-state index contributed by atoms with van der Waals surface area (Å²) in [4.78, 5) is 16.6. The van der Waals surface area contributed by atoms with Crippen molar-refractivity contribution >= 4 is 12.2 Å². The van der Waals surface area contributed by atoms with Gasteiger partial charge in [0.1, 0.15) is 5.75 Å². The lowest BCUT2D eigenvalue weighted by Gasteiger charge is -2.02. The molecular weight excluding hydrogens is 254 g/mol. The van der Waals surface area contributed by atoms with Gasteiger partial charge in [-0.05, 0) is 31.2 Å². The number of aryl methyl sites for hydroxylation is 1. The summed E-state index contributed by atoms with van der Waals surface area (Å²) in [6, 6.07) is 14.4. The summed E-state index contributed by atoms with van der Waals surface area (Å²) in [7, 11) is 1.57. The fraction of sp³-hybridized carbons (Fsp3) is 0.125. The Morgan fingerprint density at radius 3 is 2.50 bits per heavy atom. The van der Waals surface area contributed by atoms with Crippen molar-refractivity contribution < 1.29 is 14.4 Å². The molecule has 0 aliphatic rings. The number of rotatable bonds is 4. The average Bonchev–Trinajstić information content (AvgIpc) is 2.48. The first-order valence-corrected chi connectivity index (χ1v) is 6.15. The second-order valence-electron chi connectivity index (χ2n) is 4.22. The highest BCUT2D eigenvalue weighted by atomic mass is 16.7. The zero-order chi connectivity index (χ0) is 14.4. The molecule has 0 bridgehead atoms. The molecule has 4 heteroatoms. The number of carbonyl (C=O) groups excluding carboxylic acids is 1. The van der Waals surface area contributed by atoms with E-state index < -0.39 is 5.97 Å². The molecule has 0 aliphatic heterocycles. The summed E-state index contributed by atoms with van der Waals surface area (Å²) in [5.41, 5.74) is 2.29. The van der Waals surface area contributed by atoms with Crippen molar-refractivity contribution in [3.8, 4) is 5.75 Å². The van der Waals surface area contributed by atoms with Crippen LogP contribution in [0.2, 0.25) is 0 Å². The lowest BCUT2D eigenvalue weighted by Crippen LogP contribution is -2.01. The summed E-state index contributed by atoms with van der Waals surface area (Å²) in [5, 5.41) is 3.69. The van der Waals surface area contributed by atoms with Gasteiger partial charge in [-0.2, -0.15) is 0 Å². The molecule has 2 rings (SSSR count). The first kappa shape index (κ1) is 13.8. The van der Waals surface area contributed by atoms with Crippen molar-refractivity contribution in [1.29, 1.82) is 0 Å². The second-order valence-corrected chi connectivity index (χ2v) is 4.22. The van der Waals surface area contributed by atoms with E-state index in [1.807, 2.05) is 43.3 Å². The number of nitrogens with zero attached hydrogens (tertiary/aromatic N) is 1. The van der Waals surface area contributed by atoms with Crippen LogP contribution < -0.4 is 4.74 Å². The smallest absolute Gasteiger partial charge is 0.365 e. The Morgan fingerprint density at radius 2 is 1.80 bits per heavy atom. The first-order valence-electron chi connectivity index (χ1n) is 6.15. The highest BCUT2D eigenvalue weighted by Gasteiger charge is 2.06. The molecule has 0 radical (unpaired) electrons. The van der Waals surface area contributed by atoms with Gasteiger partial charge in [-0.15, -0.1) is 0 Å². The molecule has 0 aromatic heterocycles. The highest BCUT2D eigenvalue weighted by Crippen LogP contribution is 2.14. The number of benzene rings is 2. The molecule has 2 aromatic rings. The molecule has 0 saturated heterocycles. The Bertz CT molecular complexity index is 618. The number of hydrogen-bond acceptors (Lipinski definition) is 4. The number of methoxy groups -OCH3 is 1. The lowest BCUT2D eigenvalue weighted by atomic mass is 10.2. The van der Waals surface area contributed by atoms with Gasteiger partial charge in [0, 0.05) is 5.56 Å². The maximum Gasteiger partial charge on any atom is 0.365 e. The van der Waals surface area contributed by atoms with Crippen LogP contribution in [0.5, 0.6) is 5.75 Å². The SMILES string of the molecule is COc1ccccc1/C=N/OC(=O)c1ccc(C)cc1. The fourth-order valence-corrected chi connectivity index (χ4v) is 1.65. The molecule has 102 valence electrons. The summed E-state index contributed by atoms with van der Waals surface area (Å²) < 4.78 is 5.17. The molecular formula is C16H15NO3. The molecule has 20 heavy (non-hydrogen) atoms. The third kappa shape index (κ3) is 3.45. The van der Waals surface area contributed by atoms with E-state index in [-0.39, 0.29) is 0 Å². The van der Waals surface area contributed by atoms with Crippen LogP contribution in [-0.2, 0) is 4.84 Å². The van der Waals surface area contributed by atoms with Crippen LogP contribution in [0, 0.1) is 6.92 Å². The highest BCUT2D eigenvalue weighted by molar-refractivity contribution is 5.90. The Balaban J connectivity index is 2.02. The van der Waals surface area contributed by atoms with Crippen molar-refractivity contribution in [2.75, 3.05) is 7.11 Å². The number of carbonyl (C=O) groups is 1. The molecule has 0 atom stereocenters. The van der Waals surface area contributed by atoms with Gasteiger partial charge in [0.05, 0.1) is 18.9 Å². The van der Waals surface area contributed by atoms with Gasteiger partial charge in [-0.1, -0.05) is 35.0 Å². The van der Waals surface area contributed by atoms with Gasteiger partial charge in [0.2, 0.25) is 0 Å². The van der Waals surface area contributed by atoms with E-state index in [2.05, 4.69) is 5.16 Å². The molecule has 0 fully saturated rings. The van der Waals surface area contributed by atoms with Crippen LogP contribution in [-0.4, -0.2) is 19.3 Å². The van der Waals surface area contributed by atoms with Crippen LogP contribution in [0.15, 0.2) is 53.7 Å². The Morgan fingerprint density at radius 1 is 1.10 bits per heavy atom. The predicted octanol–water partition coefficient (Wildman–Crippen LogP) is 3.19. The second kappa shape index (κ2) is 6.52. The van der Waals surface area contributed by atoms with Crippen LogP contribution in [0.25, 0.3) is 0 Å². The Labute approximate surface area is 117 Å². The van der Waals surface area contributed by atoms with Crippen LogP contribution in [0.4, 0.5) is 0 Å². The molecule has 0 amide bonds. The van der Waals surface area contributed by atoms with Gasteiger partial charge in [-0.3, -0.25) is 0 Å². The zero-order valence-corrected chi connectivity index (χ0v) is 11.4. The Hall–Kier alpha value is -2.62. The quantitative estimate of drug-likeness (QED) is 0.486. The van der Waals surface area contributed by atoms with Crippen molar-refractivity contribution in [1.82, 2.24) is 0 Å². The number of oxime groups is 1. The topological polar surface area (TPSA) is 47.9 Å². The normalized spacial score (nSPS) is 10.5. The van der Waals surface area contributed by atoms with Gasteiger partial charge in [0.25, 0.3) is 0 Å². The van der Waals surface area contributed by atoms with Crippen molar-refractivity contribution in [3.05, 3.63) is 65.2 Å². The van der Waals surface area contributed by atoms with Crippen LogP contribution in [0.1, 0.15) is 21.5 Å². The van der Waals surface area contributed by atoms with Crippen molar-refractivity contribution in [2.45, 2.75) is 6.92 Å². The van der Waals surface area contributed by atoms with Crippen LogP contribution in [0.3, 0.4) is 0 Å². The molecule has 2 aromatic carbocycles. The van der Waals surface area contributed by atoms with E-state index in [0.717, 1.165) is 11.1 Å². The molecule has 0 heterocycles. The number of ether oxygens (including phenoxy) is 1. The van der Waals surface area contributed by atoms with Crippen LogP contribution >= 0.6 is 0 Å². The van der Waals surface area contributed by atoms with Gasteiger partial charge in [0.15, 0.2) is 0 Å². The standard InChI is InChI=1S/C16H15NO3/c1-12-7-9-13(10-8-12)16(18)20-17-11-14-5-3-4-6-15(14)19-2/h3-11H,1-2H3/b17-11+. The average molecular weight is 269 g/mol. The molecule has 0 unspecified atom stereocenters. The van der Waals surface area contributed by atoms with E-state index >= 15 is 0 Å². The fourth-order valence-electron chi connectivity index (χ4n) is 1.65. The summed E-state index contributed by atoms with van der Waals surface area (Å²) >= 11 is 0. The van der Waals surface area contributed by atoms with Gasteiger partial charge < -0.3 is 9.57 Å². The minimum Gasteiger partial charge on any atom is -0.496 e. The molecule has 0 aliphatic carbocycles. The monoisotopic (exact) mass is 269 g/mol. The van der Waals surface area contributed by atoms with E-state index in [9.17, 15) is 4.79 Å². The van der Waals surface area contributed by atoms with E-state index in [1.165, 1.54) is 6.21 Å². The third-order valence-electron chi connectivity index (χ3n) is 2.75. The predicted molar refractivity (Wildman–Crippen MR) is 77.2 cm³/mol. The van der Waals surface area contributed by atoms with Crippen molar-refractivity contribution in [3.63, 3.8) is 0 Å².